The summed E-state index contributed by atoms with van der Waals surface area (Å²) in [5, 5.41) is 13.2. The molecule has 0 aliphatic carbocycles. The standard InChI is InChI=1S/C39H35FN10O5/c40-23-5-1-4-22(16-23)29-7-3-15-48(29)34-13-12-32-42-18-31(50(32)46-34)28-6-2-8-33(44-28)47-20-25(21-47)43-36(52)19-41-24-9-10-26-27(17-24)39(55)49(38(26)54)30-11-14-35(51)45-37(30)53/h1-2,4-6,8-10,12-13,16-18,25,29-30,41H,3,7,11,14-15,19-21H2,(H,43,52)(H,45,51,53)/t29-,30?/m1/s1. The first kappa shape index (κ1) is 34.1. The number of aromatic nitrogens is 4. The van der Waals surface area contributed by atoms with Crippen molar-refractivity contribution >= 4 is 52.5 Å². The van der Waals surface area contributed by atoms with Crippen LogP contribution in [-0.4, -0.2) is 92.3 Å². The monoisotopic (exact) mass is 742 g/mol. The van der Waals surface area contributed by atoms with E-state index in [-0.39, 0.29) is 54.3 Å². The van der Waals surface area contributed by atoms with Gasteiger partial charge in [-0.1, -0.05) is 18.2 Å². The predicted octanol–water partition coefficient (Wildman–Crippen LogP) is 3.09. The average molecular weight is 743 g/mol. The molecule has 3 fully saturated rings. The summed E-state index contributed by atoms with van der Waals surface area (Å²) in [5.41, 5.74) is 3.81. The van der Waals surface area contributed by atoms with Crippen molar-refractivity contribution in [1.82, 2.24) is 35.1 Å². The van der Waals surface area contributed by atoms with E-state index in [4.69, 9.17) is 10.1 Å². The van der Waals surface area contributed by atoms with Crippen LogP contribution < -0.4 is 25.8 Å². The van der Waals surface area contributed by atoms with Crippen molar-refractivity contribution in [2.24, 2.45) is 0 Å². The SMILES string of the molecule is O=C1CCC(N2C(=O)c3ccc(NCC(=O)NC4CN(c5cccc(-c6cnc7ccc(N8CCC[C@@H]8c8cccc(F)c8)nn67)n5)C4)cc3C2=O)C(=O)N1. The fourth-order valence-electron chi connectivity index (χ4n) is 7.83. The molecule has 2 atom stereocenters. The third-order valence-electron chi connectivity index (χ3n) is 10.6. The molecule has 0 radical (unpaired) electrons. The van der Waals surface area contributed by atoms with Crippen LogP contribution in [-0.2, 0) is 14.4 Å². The maximum absolute atomic E-state index is 14.1. The van der Waals surface area contributed by atoms with Gasteiger partial charge in [-0.3, -0.25) is 34.2 Å². The van der Waals surface area contributed by atoms with Gasteiger partial charge in [0.15, 0.2) is 5.65 Å². The molecule has 3 saturated heterocycles. The van der Waals surface area contributed by atoms with Crippen LogP contribution in [0.25, 0.3) is 17.0 Å². The highest BCUT2D eigenvalue weighted by molar-refractivity contribution is 6.23. The van der Waals surface area contributed by atoms with Crippen LogP contribution in [0.4, 0.5) is 21.7 Å². The zero-order valence-corrected chi connectivity index (χ0v) is 29.4. The first-order valence-corrected chi connectivity index (χ1v) is 18.2. The molecule has 5 amide bonds. The minimum absolute atomic E-state index is 0.0290. The van der Waals surface area contributed by atoms with Gasteiger partial charge in [0, 0.05) is 31.7 Å². The van der Waals surface area contributed by atoms with E-state index in [0.717, 1.165) is 47.2 Å². The number of benzene rings is 2. The summed E-state index contributed by atoms with van der Waals surface area (Å²) in [6.07, 6.45) is 3.75. The molecular formula is C39H35FN10O5. The third kappa shape index (κ3) is 6.28. The lowest BCUT2D eigenvalue weighted by atomic mass is 10.0. The van der Waals surface area contributed by atoms with Crippen LogP contribution in [0.15, 0.2) is 79.0 Å². The molecule has 3 aromatic heterocycles. The van der Waals surface area contributed by atoms with Gasteiger partial charge in [0.25, 0.3) is 11.8 Å². The Balaban J connectivity index is 0.812. The van der Waals surface area contributed by atoms with Gasteiger partial charge in [-0.05, 0) is 79.4 Å². The number of fused-ring (bicyclic) bond motifs is 2. The number of halogens is 1. The van der Waals surface area contributed by atoms with Gasteiger partial charge in [0.2, 0.25) is 17.7 Å². The first-order chi connectivity index (χ1) is 26.7. The van der Waals surface area contributed by atoms with Crippen molar-refractivity contribution in [1.29, 1.82) is 0 Å². The summed E-state index contributed by atoms with van der Waals surface area (Å²) in [6.45, 7) is 1.86. The largest absolute Gasteiger partial charge is 0.376 e. The number of carbonyl (C=O) groups excluding carboxylic acids is 5. The topological polar surface area (TPSA) is 174 Å². The summed E-state index contributed by atoms with van der Waals surface area (Å²) >= 11 is 0. The average Bonchev–Trinajstić information content (AvgIpc) is 3.89. The Kier molecular flexibility index (Phi) is 8.43. The first-order valence-electron chi connectivity index (χ1n) is 18.2. The highest BCUT2D eigenvalue weighted by Gasteiger charge is 2.44. The molecule has 0 saturated carbocycles. The summed E-state index contributed by atoms with van der Waals surface area (Å²) in [4.78, 5) is 77.5. The van der Waals surface area contributed by atoms with Crippen LogP contribution in [0, 0.1) is 5.82 Å². The maximum Gasteiger partial charge on any atom is 0.262 e. The Hall–Kier alpha value is -6.71. The second-order valence-electron chi connectivity index (χ2n) is 14.1. The lowest BCUT2D eigenvalue weighted by Crippen LogP contribution is -2.60. The molecule has 55 heavy (non-hydrogen) atoms. The molecule has 16 heteroatoms. The number of pyridine rings is 1. The van der Waals surface area contributed by atoms with Crippen LogP contribution in [0.5, 0.6) is 0 Å². The zero-order valence-electron chi connectivity index (χ0n) is 29.4. The van der Waals surface area contributed by atoms with Gasteiger partial charge >= 0.3 is 0 Å². The van der Waals surface area contributed by atoms with Crippen molar-refractivity contribution in [2.75, 3.05) is 41.3 Å². The molecule has 7 heterocycles. The second-order valence-corrected chi connectivity index (χ2v) is 14.1. The zero-order chi connectivity index (χ0) is 37.8. The number of hydrogen-bond donors (Lipinski definition) is 3. The maximum atomic E-state index is 14.1. The van der Waals surface area contributed by atoms with E-state index in [1.807, 2.05) is 36.4 Å². The predicted molar refractivity (Wildman–Crippen MR) is 198 cm³/mol. The number of nitrogens with one attached hydrogen (secondary N) is 3. The van der Waals surface area contributed by atoms with E-state index >= 15 is 0 Å². The number of piperidine rings is 1. The fraction of sp³-hybridized carbons (Fsp3) is 0.282. The summed E-state index contributed by atoms with van der Waals surface area (Å²) in [6, 6.07) is 19.8. The number of carbonyl (C=O) groups is 5. The van der Waals surface area contributed by atoms with Crippen LogP contribution >= 0.6 is 0 Å². The molecule has 278 valence electrons. The number of nitrogens with zero attached hydrogens (tertiary/aromatic N) is 7. The van der Waals surface area contributed by atoms with E-state index in [0.29, 0.717) is 30.1 Å². The van der Waals surface area contributed by atoms with Crippen molar-refractivity contribution in [2.45, 2.75) is 43.8 Å². The summed E-state index contributed by atoms with van der Waals surface area (Å²) in [5.74, 6) is -1.28. The Bertz CT molecular complexity index is 2410. The number of amides is 5. The number of hydrogen-bond acceptors (Lipinski definition) is 11. The van der Waals surface area contributed by atoms with E-state index in [1.165, 1.54) is 18.2 Å². The molecule has 5 aromatic rings. The number of rotatable bonds is 9. The molecule has 1 unspecified atom stereocenters. The van der Waals surface area contributed by atoms with E-state index in [1.54, 1.807) is 28.9 Å². The fourth-order valence-corrected chi connectivity index (χ4v) is 7.83. The highest BCUT2D eigenvalue weighted by atomic mass is 19.1. The molecule has 4 aliphatic heterocycles. The van der Waals surface area contributed by atoms with Gasteiger partial charge in [-0.25, -0.2) is 18.9 Å². The quantitative estimate of drug-likeness (QED) is 0.190. The minimum Gasteiger partial charge on any atom is -0.376 e. The Morgan fingerprint density at radius 3 is 2.56 bits per heavy atom. The van der Waals surface area contributed by atoms with E-state index < -0.39 is 29.7 Å². The molecule has 2 aromatic carbocycles. The normalized spacial score (nSPS) is 19.8. The van der Waals surface area contributed by atoms with E-state index in [9.17, 15) is 28.4 Å². The Morgan fingerprint density at radius 1 is 0.891 bits per heavy atom. The smallest absolute Gasteiger partial charge is 0.262 e. The van der Waals surface area contributed by atoms with Crippen molar-refractivity contribution < 1.29 is 28.4 Å². The molecule has 0 spiro atoms. The molecule has 3 N–H and O–H groups in total. The second kappa shape index (κ2) is 13.6. The summed E-state index contributed by atoms with van der Waals surface area (Å²) in [7, 11) is 0. The van der Waals surface area contributed by atoms with Crippen LogP contribution in [0.2, 0.25) is 0 Å². The van der Waals surface area contributed by atoms with Gasteiger partial charge in [-0.15, -0.1) is 5.10 Å². The number of imidazole rings is 1. The third-order valence-corrected chi connectivity index (χ3v) is 10.6. The summed E-state index contributed by atoms with van der Waals surface area (Å²) < 4.78 is 15.8. The molecule has 4 aliphatic rings. The molecular weight excluding hydrogens is 707 g/mol. The van der Waals surface area contributed by atoms with Gasteiger partial charge < -0.3 is 20.4 Å². The van der Waals surface area contributed by atoms with Crippen molar-refractivity contribution in [3.63, 3.8) is 0 Å². The van der Waals surface area contributed by atoms with E-state index in [2.05, 4.69) is 30.7 Å². The van der Waals surface area contributed by atoms with Crippen LogP contribution in [0.1, 0.15) is 58.0 Å². The molecule has 15 nitrogen and oxygen atoms in total. The lowest BCUT2D eigenvalue weighted by molar-refractivity contribution is -0.136. The van der Waals surface area contributed by atoms with Gasteiger partial charge in [-0.2, -0.15) is 0 Å². The Labute approximate surface area is 313 Å². The van der Waals surface area contributed by atoms with Crippen LogP contribution in [0.3, 0.4) is 0 Å². The van der Waals surface area contributed by atoms with Gasteiger partial charge in [0.1, 0.15) is 29.2 Å². The molecule has 9 rings (SSSR count). The minimum atomic E-state index is -1.05. The number of imide groups is 2. The van der Waals surface area contributed by atoms with Crippen molar-refractivity contribution in [3.05, 3.63) is 102 Å². The lowest BCUT2D eigenvalue weighted by Gasteiger charge is -2.40. The molecule has 0 bridgehead atoms. The van der Waals surface area contributed by atoms with Crippen molar-refractivity contribution in [3.8, 4) is 11.4 Å². The Morgan fingerprint density at radius 2 is 1.73 bits per heavy atom. The highest BCUT2D eigenvalue weighted by Crippen LogP contribution is 2.36. The number of anilines is 3. The van der Waals surface area contributed by atoms with Gasteiger partial charge in [0.05, 0.1) is 41.6 Å².